The van der Waals surface area contributed by atoms with Gasteiger partial charge in [0.2, 0.25) is 5.91 Å². The molecule has 16 heavy (non-hydrogen) atoms. The van der Waals surface area contributed by atoms with Crippen LogP contribution in [0.15, 0.2) is 0 Å². The Hall–Kier alpha value is -0.850. The summed E-state index contributed by atoms with van der Waals surface area (Å²) in [5, 5.41) is 4.89. The molecule has 1 amide bonds. The van der Waals surface area contributed by atoms with E-state index in [-0.39, 0.29) is 5.92 Å². The summed E-state index contributed by atoms with van der Waals surface area (Å²) in [6.45, 7) is -0.0138. The van der Waals surface area contributed by atoms with Gasteiger partial charge in [-0.1, -0.05) is 0 Å². The molecule has 1 saturated heterocycles. The molecule has 0 atom stereocenters. The van der Waals surface area contributed by atoms with Crippen LogP contribution in [0.4, 0.5) is 17.6 Å². The van der Waals surface area contributed by atoms with Gasteiger partial charge in [0.25, 0.3) is 0 Å². The molecule has 0 aromatic rings. The normalized spacial score (nSPS) is 18.8. The minimum Gasteiger partial charge on any atom is -0.350 e. The number of carbonyl (C=O) groups excluding carboxylic acids is 1. The molecule has 2 N–H and O–H groups in total. The molecule has 1 rings (SSSR count). The highest BCUT2D eigenvalue weighted by molar-refractivity contribution is 5.78. The number of rotatable bonds is 4. The maximum absolute atomic E-state index is 12.5. The van der Waals surface area contributed by atoms with Crippen LogP contribution in [-0.4, -0.2) is 37.9 Å². The molecule has 0 saturated carbocycles. The fraction of sp³-hybridized carbons (Fsp3) is 0.889. The average Bonchev–Trinajstić information content (AvgIpc) is 2.27. The highest BCUT2D eigenvalue weighted by Crippen LogP contribution is 2.22. The average molecular weight is 242 g/mol. The second kappa shape index (κ2) is 5.47. The summed E-state index contributed by atoms with van der Waals surface area (Å²) in [6.07, 6.45) is -2.65. The zero-order valence-corrected chi connectivity index (χ0v) is 8.61. The van der Waals surface area contributed by atoms with Crippen LogP contribution in [-0.2, 0) is 4.79 Å². The number of nitrogens with one attached hydrogen (secondary N) is 2. The standard InChI is InChI=1S/C9H14F4N2O/c10-8(11)9(12,13)5-15-7(16)6-1-3-14-4-2-6/h6,8,14H,1-5H2,(H,15,16). The van der Waals surface area contributed by atoms with E-state index in [4.69, 9.17) is 0 Å². The van der Waals surface area contributed by atoms with Gasteiger partial charge in [-0.2, -0.15) is 8.78 Å². The molecule has 3 nitrogen and oxygen atoms in total. The molecule has 1 fully saturated rings. The first kappa shape index (κ1) is 13.2. The minimum absolute atomic E-state index is 0.352. The second-order valence-corrected chi connectivity index (χ2v) is 3.80. The third-order valence-corrected chi connectivity index (χ3v) is 2.53. The number of carbonyl (C=O) groups is 1. The summed E-state index contributed by atoms with van der Waals surface area (Å²) < 4.78 is 48.6. The molecule has 0 unspecified atom stereocenters. The Morgan fingerprint density at radius 1 is 1.38 bits per heavy atom. The first-order valence-corrected chi connectivity index (χ1v) is 5.08. The zero-order valence-electron chi connectivity index (χ0n) is 8.61. The van der Waals surface area contributed by atoms with Gasteiger partial charge in [-0.25, -0.2) is 8.78 Å². The monoisotopic (exact) mass is 242 g/mol. The van der Waals surface area contributed by atoms with Crippen molar-refractivity contribution in [3.05, 3.63) is 0 Å². The molecular formula is C9H14F4N2O. The zero-order chi connectivity index (χ0) is 12.2. The molecule has 1 heterocycles. The molecule has 0 aliphatic carbocycles. The predicted octanol–water partition coefficient (Wildman–Crippen LogP) is 1.00. The van der Waals surface area contributed by atoms with Gasteiger partial charge in [-0.3, -0.25) is 4.79 Å². The molecular weight excluding hydrogens is 228 g/mol. The molecule has 0 radical (unpaired) electrons. The largest absolute Gasteiger partial charge is 0.350 e. The summed E-state index contributed by atoms with van der Waals surface area (Å²) in [5.41, 5.74) is 0. The van der Waals surface area contributed by atoms with Crippen molar-refractivity contribution in [3.8, 4) is 0 Å². The lowest BCUT2D eigenvalue weighted by atomic mass is 9.97. The van der Waals surface area contributed by atoms with Gasteiger partial charge in [-0.05, 0) is 25.9 Å². The molecule has 0 aromatic heterocycles. The third kappa shape index (κ3) is 3.62. The summed E-state index contributed by atoms with van der Waals surface area (Å²) in [4.78, 5) is 11.4. The predicted molar refractivity (Wildman–Crippen MR) is 49.6 cm³/mol. The Bertz CT molecular complexity index is 242. The van der Waals surface area contributed by atoms with Gasteiger partial charge in [-0.15, -0.1) is 0 Å². The van der Waals surface area contributed by atoms with Crippen molar-refractivity contribution in [2.45, 2.75) is 25.2 Å². The SMILES string of the molecule is O=C(NCC(F)(F)C(F)F)C1CCNCC1. The summed E-state index contributed by atoms with van der Waals surface area (Å²) in [5.74, 6) is -5.07. The van der Waals surface area contributed by atoms with Crippen LogP contribution >= 0.6 is 0 Å². The van der Waals surface area contributed by atoms with E-state index in [1.54, 1.807) is 0 Å². The van der Waals surface area contributed by atoms with Gasteiger partial charge in [0.05, 0.1) is 6.54 Å². The van der Waals surface area contributed by atoms with E-state index in [1.807, 2.05) is 5.32 Å². The van der Waals surface area contributed by atoms with Gasteiger partial charge in [0.15, 0.2) is 0 Å². The molecule has 94 valence electrons. The van der Waals surface area contributed by atoms with Crippen molar-refractivity contribution in [2.75, 3.05) is 19.6 Å². The molecule has 7 heteroatoms. The topological polar surface area (TPSA) is 41.1 Å². The molecule has 1 aliphatic heterocycles. The summed E-state index contributed by atoms with van der Waals surface area (Å²) in [7, 11) is 0. The van der Waals surface area contributed by atoms with E-state index < -0.39 is 24.8 Å². The smallest absolute Gasteiger partial charge is 0.324 e. The quantitative estimate of drug-likeness (QED) is 0.722. The van der Waals surface area contributed by atoms with Crippen molar-refractivity contribution in [1.29, 1.82) is 0 Å². The number of hydrogen-bond donors (Lipinski definition) is 2. The summed E-state index contributed by atoms with van der Waals surface area (Å²) in [6, 6.07) is 0. The van der Waals surface area contributed by atoms with Crippen molar-refractivity contribution in [3.63, 3.8) is 0 Å². The van der Waals surface area contributed by atoms with Crippen molar-refractivity contribution in [1.82, 2.24) is 10.6 Å². The van der Waals surface area contributed by atoms with E-state index in [1.165, 1.54) is 0 Å². The Morgan fingerprint density at radius 3 is 2.44 bits per heavy atom. The van der Waals surface area contributed by atoms with Crippen molar-refractivity contribution in [2.24, 2.45) is 5.92 Å². The van der Waals surface area contributed by atoms with Crippen molar-refractivity contribution < 1.29 is 22.4 Å². The van der Waals surface area contributed by atoms with E-state index in [0.29, 0.717) is 25.9 Å². The lowest BCUT2D eigenvalue weighted by molar-refractivity contribution is -0.139. The van der Waals surface area contributed by atoms with E-state index in [0.717, 1.165) is 0 Å². The molecule has 0 spiro atoms. The lowest BCUT2D eigenvalue weighted by Crippen LogP contribution is -2.45. The maximum atomic E-state index is 12.5. The van der Waals surface area contributed by atoms with Gasteiger partial charge >= 0.3 is 12.3 Å². The fourth-order valence-corrected chi connectivity index (χ4v) is 1.51. The molecule has 0 aromatic carbocycles. The van der Waals surface area contributed by atoms with E-state index in [2.05, 4.69) is 5.32 Å². The van der Waals surface area contributed by atoms with Gasteiger partial charge < -0.3 is 10.6 Å². The van der Waals surface area contributed by atoms with Gasteiger partial charge in [0, 0.05) is 5.92 Å². The van der Waals surface area contributed by atoms with E-state index >= 15 is 0 Å². The fourth-order valence-electron chi connectivity index (χ4n) is 1.51. The van der Waals surface area contributed by atoms with E-state index in [9.17, 15) is 22.4 Å². The number of alkyl halides is 4. The highest BCUT2D eigenvalue weighted by atomic mass is 19.3. The van der Waals surface area contributed by atoms with Crippen LogP contribution in [0.1, 0.15) is 12.8 Å². The van der Waals surface area contributed by atoms with Crippen LogP contribution < -0.4 is 10.6 Å². The Balaban J connectivity index is 2.34. The first-order valence-electron chi connectivity index (χ1n) is 5.08. The lowest BCUT2D eigenvalue weighted by Gasteiger charge is -2.23. The minimum atomic E-state index is -4.15. The number of halogens is 4. The van der Waals surface area contributed by atoms with Crippen LogP contribution in [0.2, 0.25) is 0 Å². The Morgan fingerprint density at radius 2 is 1.94 bits per heavy atom. The number of hydrogen-bond acceptors (Lipinski definition) is 2. The Labute approximate surface area is 90.6 Å². The van der Waals surface area contributed by atoms with Crippen LogP contribution in [0.5, 0.6) is 0 Å². The van der Waals surface area contributed by atoms with Gasteiger partial charge in [0.1, 0.15) is 0 Å². The Kier molecular flexibility index (Phi) is 4.52. The molecule has 0 bridgehead atoms. The number of piperidine rings is 1. The second-order valence-electron chi connectivity index (χ2n) is 3.80. The maximum Gasteiger partial charge on any atom is 0.324 e. The van der Waals surface area contributed by atoms with Crippen LogP contribution in [0, 0.1) is 5.92 Å². The number of amides is 1. The van der Waals surface area contributed by atoms with Crippen LogP contribution in [0.3, 0.4) is 0 Å². The highest BCUT2D eigenvalue weighted by Gasteiger charge is 2.41. The third-order valence-electron chi connectivity index (χ3n) is 2.53. The van der Waals surface area contributed by atoms with Crippen molar-refractivity contribution >= 4 is 5.91 Å². The first-order chi connectivity index (χ1) is 7.43. The van der Waals surface area contributed by atoms with Crippen LogP contribution in [0.25, 0.3) is 0 Å². The molecule has 1 aliphatic rings. The summed E-state index contributed by atoms with van der Waals surface area (Å²) >= 11 is 0.